The van der Waals surface area contributed by atoms with Crippen LogP contribution in [0.2, 0.25) is 0 Å². The van der Waals surface area contributed by atoms with Gasteiger partial charge in [-0.3, -0.25) is 4.79 Å². The van der Waals surface area contributed by atoms with Crippen molar-refractivity contribution in [2.24, 2.45) is 4.99 Å². The van der Waals surface area contributed by atoms with Gasteiger partial charge in [-0.05, 0) is 17.7 Å². The normalized spacial score (nSPS) is 23.6. The van der Waals surface area contributed by atoms with Gasteiger partial charge in [-0.15, -0.1) is 11.8 Å². The molecule has 0 bridgehead atoms. The zero-order valence-electron chi connectivity index (χ0n) is 11.0. The van der Waals surface area contributed by atoms with Crippen LogP contribution in [-0.2, 0) is 0 Å². The van der Waals surface area contributed by atoms with Crippen LogP contribution in [0.3, 0.4) is 0 Å². The third-order valence-corrected chi connectivity index (χ3v) is 6.13. The fourth-order valence-corrected chi connectivity index (χ4v) is 4.98. The molecule has 1 saturated heterocycles. The first-order chi connectivity index (χ1) is 10.3. The molecule has 1 amide bonds. The van der Waals surface area contributed by atoms with Crippen LogP contribution >= 0.6 is 23.5 Å². The minimum Gasteiger partial charge on any atom is -0.304 e. The number of carbonyl (C=O) groups excluding carboxylic acids is 1. The fraction of sp³-hybridized carbons (Fsp3) is 0.125. The van der Waals surface area contributed by atoms with Gasteiger partial charge in [0.15, 0.2) is 0 Å². The zero-order chi connectivity index (χ0) is 14.2. The number of thioether (sulfide) groups is 2. The molecule has 1 N–H and O–H groups in total. The molecular formula is C16H12N2OS2. The van der Waals surface area contributed by atoms with E-state index in [1.807, 2.05) is 36.4 Å². The van der Waals surface area contributed by atoms with Crippen molar-refractivity contribution >= 4 is 40.3 Å². The molecule has 3 nitrogen and oxygen atoms in total. The number of nitrogens with zero attached hydrogens (tertiary/aromatic N) is 1. The standard InChI is InChI=1S/C16H12N2OS2/c19-16-18-15-14(21-16)13(10-6-2-1-3-7-10)20-12-9-5-4-8-11(12)17-15/h1-9,13-14H,(H,17,18,19). The highest BCUT2D eigenvalue weighted by Crippen LogP contribution is 2.49. The van der Waals surface area contributed by atoms with Crippen molar-refractivity contribution in [1.82, 2.24) is 5.32 Å². The minimum absolute atomic E-state index is 0.0142. The van der Waals surface area contributed by atoms with E-state index in [1.165, 1.54) is 17.3 Å². The molecule has 2 unspecified atom stereocenters. The first-order valence-electron chi connectivity index (χ1n) is 6.68. The van der Waals surface area contributed by atoms with Crippen LogP contribution in [0.1, 0.15) is 10.8 Å². The summed E-state index contributed by atoms with van der Waals surface area (Å²) in [6.07, 6.45) is 0. The highest BCUT2D eigenvalue weighted by Gasteiger charge is 2.39. The molecule has 5 heteroatoms. The Hall–Kier alpha value is -1.72. The lowest BCUT2D eigenvalue weighted by atomic mass is 10.1. The van der Waals surface area contributed by atoms with Crippen molar-refractivity contribution in [2.45, 2.75) is 15.4 Å². The first kappa shape index (κ1) is 13.0. The predicted octanol–water partition coefficient (Wildman–Crippen LogP) is 4.39. The zero-order valence-corrected chi connectivity index (χ0v) is 12.7. The van der Waals surface area contributed by atoms with E-state index < -0.39 is 0 Å². The van der Waals surface area contributed by atoms with Crippen molar-refractivity contribution in [3.8, 4) is 0 Å². The monoisotopic (exact) mass is 312 g/mol. The van der Waals surface area contributed by atoms with Crippen molar-refractivity contribution < 1.29 is 4.79 Å². The SMILES string of the molecule is O=C1NC2=Nc3ccccc3SC(c3ccccc3)C2S1. The van der Waals surface area contributed by atoms with E-state index in [-0.39, 0.29) is 15.7 Å². The quantitative estimate of drug-likeness (QED) is 0.849. The molecule has 104 valence electrons. The summed E-state index contributed by atoms with van der Waals surface area (Å²) in [6.45, 7) is 0. The van der Waals surface area contributed by atoms with Crippen LogP contribution < -0.4 is 5.32 Å². The highest BCUT2D eigenvalue weighted by atomic mass is 32.2. The smallest absolute Gasteiger partial charge is 0.285 e. The van der Waals surface area contributed by atoms with Gasteiger partial charge >= 0.3 is 0 Å². The molecule has 0 saturated carbocycles. The summed E-state index contributed by atoms with van der Waals surface area (Å²) in [5.74, 6) is 0.774. The van der Waals surface area contributed by atoms with Crippen molar-refractivity contribution in [1.29, 1.82) is 0 Å². The van der Waals surface area contributed by atoms with Gasteiger partial charge in [-0.2, -0.15) is 0 Å². The van der Waals surface area contributed by atoms with E-state index in [0.717, 1.165) is 16.4 Å². The summed E-state index contributed by atoms with van der Waals surface area (Å²) in [5, 5.41) is 3.10. The van der Waals surface area contributed by atoms with Crippen LogP contribution in [0.15, 0.2) is 64.5 Å². The number of amides is 1. The Morgan fingerprint density at radius 3 is 2.52 bits per heavy atom. The second-order valence-corrected chi connectivity index (χ2v) is 7.16. The number of hydrogen-bond acceptors (Lipinski definition) is 4. The molecule has 2 atom stereocenters. The molecule has 2 aliphatic heterocycles. The maximum absolute atomic E-state index is 11.8. The Morgan fingerprint density at radius 1 is 0.905 bits per heavy atom. The Bertz CT molecular complexity index is 730. The number of para-hydroxylation sites is 1. The molecule has 0 spiro atoms. The van der Waals surface area contributed by atoms with Crippen LogP contribution in [0, 0.1) is 0 Å². The van der Waals surface area contributed by atoms with Crippen molar-refractivity contribution in [3.05, 3.63) is 60.2 Å². The number of aliphatic imine (C=N–C) groups is 1. The molecule has 2 aromatic carbocycles. The second-order valence-electron chi connectivity index (χ2n) is 4.86. The number of fused-ring (bicyclic) bond motifs is 2. The van der Waals surface area contributed by atoms with E-state index in [9.17, 15) is 4.79 Å². The summed E-state index contributed by atoms with van der Waals surface area (Å²) in [6, 6.07) is 18.4. The molecule has 2 aromatic rings. The molecule has 0 radical (unpaired) electrons. The van der Waals surface area contributed by atoms with Gasteiger partial charge in [0.1, 0.15) is 5.84 Å². The Morgan fingerprint density at radius 2 is 1.67 bits per heavy atom. The van der Waals surface area contributed by atoms with Gasteiger partial charge in [-0.1, -0.05) is 54.2 Å². The molecule has 4 rings (SSSR count). The van der Waals surface area contributed by atoms with E-state index in [1.54, 1.807) is 11.8 Å². The van der Waals surface area contributed by atoms with Gasteiger partial charge in [0.25, 0.3) is 5.24 Å². The summed E-state index contributed by atoms with van der Waals surface area (Å²) in [5.41, 5.74) is 2.16. The van der Waals surface area contributed by atoms with Crippen molar-refractivity contribution in [3.63, 3.8) is 0 Å². The highest BCUT2D eigenvalue weighted by molar-refractivity contribution is 8.16. The number of rotatable bonds is 1. The third-order valence-electron chi connectivity index (χ3n) is 3.50. The second kappa shape index (κ2) is 5.24. The minimum atomic E-state index is -0.0142. The van der Waals surface area contributed by atoms with Crippen molar-refractivity contribution in [2.75, 3.05) is 0 Å². The lowest BCUT2D eigenvalue weighted by molar-refractivity contribution is 0.265. The van der Waals surface area contributed by atoms with E-state index in [2.05, 4.69) is 28.5 Å². The number of nitrogens with one attached hydrogen (secondary N) is 1. The van der Waals surface area contributed by atoms with E-state index >= 15 is 0 Å². The lowest BCUT2D eigenvalue weighted by Crippen LogP contribution is -2.27. The topological polar surface area (TPSA) is 41.5 Å². The predicted molar refractivity (Wildman–Crippen MR) is 88.5 cm³/mol. The van der Waals surface area contributed by atoms with Gasteiger partial charge < -0.3 is 5.32 Å². The van der Waals surface area contributed by atoms with Gasteiger partial charge in [0, 0.05) is 4.90 Å². The van der Waals surface area contributed by atoms with Crippen LogP contribution in [0.4, 0.5) is 10.5 Å². The Balaban J connectivity index is 1.84. The molecule has 0 aliphatic carbocycles. The maximum Gasteiger partial charge on any atom is 0.285 e. The molecule has 0 aromatic heterocycles. The van der Waals surface area contributed by atoms with E-state index in [0.29, 0.717) is 0 Å². The largest absolute Gasteiger partial charge is 0.304 e. The average molecular weight is 312 g/mol. The molecule has 2 heterocycles. The number of hydrogen-bond donors (Lipinski definition) is 1. The molecular weight excluding hydrogens is 300 g/mol. The summed E-state index contributed by atoms with van der Waals surface area (Å²) >= 11 is 3.12. The average Bonchev–Trinajstić information content (AvgIpc) is 2.80. The molecule has 21 heavy (non-hydrogen) atoms. The lowest BCUT2D eigenvalue weighted by Gasteiger charge is -2.20. The van der Waals surface area contributed by atoms with Crippen LogP contribution in [0.25, 0.3) is 0 Å². The summed E-state index contributed by atoms with van der Waals surface area (Å²) in [7, 11) is 0. The van der Waals surface area contributed by atoms with Crippen LogP contribution in [-0.4, -0.2) is 16.3 Å². The molecule has 1 fully saturated rings. The Kier molecular flexibility index (Phi) is 3.24. The number of benzene rings is 2. The maximum atomic E-state index is 11.8. The summed E-state index contributed by atoms with van der Waals surface area (Å²) < 4.78 is 0. The molecule has 2 aliphatic rings. The van der Waals surface area contributed by atoms with E-state index in [4.69, 9.17) is 0 Å². The van der Waals surface area contributed by atoms with Crippen LogP contribution in [0.5, 0.6) is 0 Å². The summed E-state index contributed by atoms with van der Waals surface area (Å²) in [4.78, 5) is 17.6. The Labute approximate surface area is 131 Å². The first-order valence-corrected chi connectivity index (χ1v) is 8.44. The van der Waals surface area contributed by atoms with Gasteiger partial charge in [0.05, 0.1) is 16.2 Å². The fourth-order valence-electron chi connectivity index (χ4n) is 2.54. The number of carbonyl (C=O) groups is 1. The van der Waals surface area contributed by atoms with Gasteiger partial charge in [0.2, 0.25) is 0 Å². The number of amidine groups is 1. The van der Waals surface area contributed by atoms with Gasteiger partial charge in [-0.25, -0.2) is 4.99 Å². The third kappa shape index (κ3) is 2.36.